The molecule has 0 radical (unpaired) electrons. The molecule has 41 heavy (non-hydrogen) atoms. The maximum Gasteiger partial charge on any atom is 0.328 e. The van der Waals surface area contributed by atoms with Crippen LogP contribution in [0.5, 0.6) is 17.5 Å². The van der Waals surface area contributed by atoms with Gasteiger partial charge in [-0.05, 0) is 72.8 Å². The molecule has 1 aliphatic rings. The fourth-order valence-electron chi connectivity index (χ4n) is 4.58. The maximum atomic E-state index is 9.14. The summed E-state index contributed by atoms with van der Waals surface area (Å²) in [5.74, 6) is 2.27. The topological polar surface area (TPSA) is 112 Å². The molecule has 1 fully saturated rings. The van der Waals surface area contributed by atoms with Gasteiger partial charge in [0.25, 0.3) is 0 Å². The van der Waals surface area contributed by atoms with Gasteiger partial charge in [0.15, 0.2) is 0 Å². The van der Waals surface area contributed by atoms with Crippen molar-refractivity contribution in [3.63, 3.8) is 0 Å². The molecule has 1 N–H and O–H groups in total. The number of fused-ring (bicyclic) bond motifs is 1. The summed E-state index contributed by atoms with van der Waals surface area (Å²) in [5, 5.41) is 13.2. The van der Waals surface area contributed by atoms with Crippen molar-refractivity contribution >= 4 is 50.1 Å². The number of benzene rings is 3. The summed E-state index contributed by atoms with van der Waals surface area (Å²) in [4.78, 5) is 22.9. The van der Waals surface area contributed by atoms with Gasteiger partial charge in [-0.25, -0.2) is 0 Å². The van der Waals surface area contributed by atoms with E-state index in [1.807, 2.05) is 42.5 Å². The summed E-state index contributed by atoms with van der Waals surface area (Å²) >= 11 is 3.53. The molecule has 1 saturated heterocycles. The standard InChI is InChI=1S/C30H25BrN8O2/c1-40-24-9-7-23(8-10-24)38-14-16-39(17-15-38)29-35-28(34-22-5-2-20(19-32)3-6-22)36-30(37-29)41-27-12-13-33-26-11-4-21(31)18-25(26)27/h2-13,18H,14-17H2,1H3,(H,34,35,36,37). The Balaban J connectivity index is 1.28. The number of hydrogen-bond donors (Lipinski definition) is 1. The first-order chi connectivity index (χ1) is 20.1. The summed E-state index contributed by atoms with van der Waals surface area (Å²) in [6.07, 6.45) is 1.70. The quantitative estimate of drug-likeness (QED) is 0.239. The van der Waals surface area contributed by atoms with Crippen LogP contribution in [0.4, 0.5) is 23.3 Å². The van der Waals surface area contributed by atoms with Gasteiger partial charge in [0.1, 0.15) is 11.5 Å². The summed E-state index contributed by atoms with van der Waals surface area (Å²) < 4.78 is 12.5. The molecule has 1 aliphatic heterocycles. The minimum absolute atomic E-state index is 0.163. The highest BCUT2D eigenvalue weighted by molar-refractivity contribution is 9.10. The fourth-order valence-corrected chi connectivity index (χ4v) is 4.95. The van der Waals surface area contributed by atoms with Gasteiger partial charge in [-0.1, -0.05) is 15.9 Å². The summed E-state index contributed by atoms with van der Waals surface area (Å²) in [7, 11) is 1.67. The molecule has 0 unspecified atom stereocenters. The highest BCUT2D eigenvalue weighted by atomic mass is 79.9. The van der Waals surface area contributed by atoms with Crippen LogP contribution in [-0.4, -0.2) is 53.2 Å². The number of ether oxygens (including phenoxy) is 2. The van der Waals surface area contributed by atoms with E-state index in [2.05, 4.69) is 59.2 Å². The van der Waals surface area contributed by atoms with Gasteiger partial charge in [-0.3, -0.25) is 4.98 Å². The second-order valence-electron chi connectivity index (χ2n) is 9.30. The molecule has 0 saturated carbocycles. The lowest BCUT2D eigenvalue weighted by molar-refractivity contribution is 0.415. The minimum Gasteiger partial charge on any atom is -0.497 e. The van der Waals surface area contributed by atoms with Crippen LogP contribution in [-0.2, 0) is 0 Å². The monoisotopic (exact) mass is 608 g/mol. The number of nitrogens with one attached hydrogen (secondary N) is 1. The summed E-state index contributed by atoms with van der Waals surface area (Å²) in [6.45, 7) is 3.04. The van der Waals surface area contributed by atoms with E-state index >= 15 is 0 Å². The number of nitrogens with zero attached hydrogens (tertiary/aromatic N) is 7. The number of piperazine rings is 1. The normalized spacial score (nSPS) is 13.1. The largest absolute Gasteiger partial charge is 0.497 e. The third-order valence-corrected chi connectivity index (χ3v) is 7.23. The molecule has 0 atom stereocenters. The molecular formula is C30H25BrN8O2. The number of hydrogen-bond acceptors (Lipinski definition) is 10. The smallest absolute Gasteiger partial charge is 0.328 e. The van der Waals surface area contributed by atoms with E-state index in [-0.39, 0.29) is 6.01 Å². The van der Waals surface area contributed by atoms with Gasteiger partial charge in [0.2, 0.25) is 11.9 Å². The van der Waals surface area contributed by atoms with Gasteiger partial charge >= 0.3 is 6.01 Å². The molecule has 0 bridgehead atoms. The van der Waals surface area contributed by atoms with E-state index in [0.717, 1.165) is 58.7 Å². The number of anilines is 4. The molecule has 10 nitrogen and oxygen atoms in total. The van der Waals surface area contributed by atoms with Gasteiger partial charge in [-0.2, -0.15) is 20.2 Å². The molecule has 6 rings (SSSR count). The zero-order valence-electron chi connectivity index (χ0n) is 22.2. The van der Waals surface area contributed by atoms with Gasteiger partial charge < -0.3 is 24.6 Å². The van der Waals surface area contributed by atoms with E-state index < -0.39 is 0 Å². The second kappa shape index (κ2) is 11.7. The fraction of sp³-hybridized carbons (Fsp3) is 0.167. The van der Waals surface area contributed by atoms with Crippen LogP contribution in [0.1, 0.15) is 5.56 Å². The molecule has 0 amide bonds. The highest BCUT2D eigenvalue weighted by Gasteiger charge is 2.22. The Labute approximate surface area is 245 Å². The number of aromatic nitrogens is 4. The Morgan fingerprint density at radius 3 is 2.37 bits per heavy atom. The third-order valence-electron chi connectivity index (χ3n) is 6.74. The van der Waals surface area contributed by atoms with E-state index in [4.69, 9.17) is 24.7 Å². The first-order valence-electron chi connectivity index (χ1n) is 13.0. The van der Waals surface area contributed by atoms with Crippen LogP contribution in [0.15, 0.2) is 83.5 Å². The molecule has 2 aromatic heterocycles. The predicted molar refractivity (Wildman–Crippen MR) is 161 cm³/mol. The van der Waals surface area contributed by atoms with Crippen LogP contribution in [0.3, 0.4) is 0 Å². The van der Waals surface area contributed by atoms with Gasteiger partial charge in [0.05, 0.1) is 24.3 Å². The second-order valence-corrected chi connectivity index (χ2v) is 10.2. The van der Waals surface area contributed by atoms with Crippen molar-refractivity contribution in [2.45, 2.75) is 0 Å². The van der Waals surface area contributed by atoms with Crippen molar-refractivity contribution in [2.24, 2.45) is 0 Å². The molecule has 3 aromatic carbocycles. The summed E-state index contributed by atoms with van der Waals surface area (Å²) in [6, 6.07) is 25.1. The Bertz CT molecular complexity index is 1720. The summed E-state index contributed by atoms with van der Waals surface area (Å²) in [5.41, 5.74) is 3.26. The number of methoxy groups -OCH3 is 1. The molecule has 0 aliphatic carbocycles. The van der Waals surface area contributed by atoms with E-state index in [0.29, 0.717) is 23.2 Å². The van der Waals surface area contributed by atoms with Crippen LogP contribution in [0.2, 0.25) is 0 Å². The van der Waals surface area contributed by atoms with Crippen molar-refractivity contribution in [3.8, 4) is 23.6 Å². The van der Waals surface area contributed by atoms with Crippen molar-refractivity contribution in [1.82, 2.24) is 19.9 Å². The Kier molecular flexibility index (Phi) is 7.47. The Hall–Kier alpha value is -4.95. The molecule has 3 heterocycles. The van der Waals surface area contributed by atoms with Crippen LogP contribution < -0.4 is 24.6 Å². The zero-order valence-corrected chi connectivity index (χ0v) is 23.7. The van der Waals surface area contributed by atoms with Crippen molar-refractivity contribution in [1.29, 1.82) is 5.26 Å². The lowest BCUT2D eigenvalue weighted by Crippen LogP contribution is -2.47. The first kappa shape index (κ1) is 26.3. The maximum absolute atomic E-state index is 9.14. The third kappa shape index (κ3) is 5.97. The average molecular weight is 609 g/mol. The molecule has 11 heteroatoms. The minimum atomic E-state index is 0.163. The van der Waals surface area contributed by atoms with Gasteiger partial charge in [-0.15, -0.1) is 0 Å². The number of halogens is 1. The Morgan fingerprint density at radius 2 is 1.63 bits per heavy atom. The lowest BCUT2D eigenvalue weighted by Gasteiger charge is -2.36. The van der Waals surface area contributed by atoms with E-state index in [1.54, 1.807) is 31.5 Å². The number of nitriles is 1. The highest BCUT2D eigenvalue weighted by Crippen LogP contribution is 2.31. The SMILES string of the molecule is COc1ccc(N2CCN(c3nc(Nc4ccc(C#N)cc4)nc(Oc4ccnc5ccc(Br)cc45)n3)CC2)cc1. The van der Waals surface area contributed by atoms with E-state index in [1.165, 1.54) is 0 Å². The lowest BCUT2D eigenvalue weighted by atomic mass is 10.2. The molecular weight excluding hydrogens is 584 g/mol. The first-order valence-corrected chi connectivity index (χ1v) is 13.8. The van der Waals surface area contributed by atoms with Crippen molar-refractivity contribution < 1.29 is 9.47 Å². The Morgan fingerprint density at radius 1 is 0.878 bits per heavy atom. The molecule has 5 aromatic rings. The molecule has 204 valence electrons. The average Bonchev–Trinajstić information content (AvgIpc) is 3.02. The van der Waals surface area contributed by atoms with Crippen LogP contribution >= 0.6 is 15.9 Å². The number of pyridine rings is 1. The predicted octanol–water partition coefficient (Wildman–Crippen LogP) is 5.93. The zero-order chi connectivity index (χ0) is 28.2. The van der Waals surface area contributed by atoms with Gasteiger partial charge in [0, 0.05) is 53.6 Å². The van der Waals surface area contributed by atoms with Crippen LogP contribution in [0, 0.1) is 11.3 Å². The van der Waals surface area contributed by atoms with Crippen LogP contribution in [0.25, 0.3) is 10.9 Å². The molecule has 0 spiro atoms. The van der Waals surface area contributed by atoms with Crippen molar-refractivity contribution in [3.05, 3.63) is 89.0 Å². The number of rotatable bonds is 7. The van der Waals surface area contributed by atoms with E-state index in [9.17, 15) is 0 Å². The van der Waals surface area contributed by atoms with Crippen molar-refractivity contribution in [2.75, 3.05) is 48.4 Å².